The Labute approximate surface area is 434 Å². The summed E-state index contributed by atoms with van der Waals surface area (Å²) in [5.74, 6) is -2.33. The summed E-state index contributed by atoms with van der Waals surface area (Å²) >= 11 is 0. The van der Waals surface area contributed by atoms with E-state index in [1.54, 1.807) is 0 Å². The molecule has 10 nitrogen and oxygen atoms in total. The number of ether oxygens (including phenoxy) is 4. The van der Waals surface area contributed by atoms with Gasteiger partial charge in [0.2, 0.25) is 0 Å². The molecule has 0 radical (unpaired) electrons. The summed E-state index contributed by atoms with van der Waals surface area (Å²) in [6.45, 7) is 8.55. The minimum Gasteiger partial charge on any atom is -0.550 e. The quantitative estimate of drug-likeness (QED) is 0.0358. The molecule has 0 aliphatic rings. The van der Waals surface area contributed by atoms with Crippen LogP contribution in [0, 0.1) is 0 Å². The molecule has 65 heavy (non-hydrogen) atoms. The van der Waals surface area contributed by atoms with Gasteiger partial charge in [0.15, 0.2) is 0 Å². The molecule has 0 amide bonds. The molecule has 2 aromatic rings. The fraction of sp³-hybridized carbons (Fsp3) is 0.704. The van der Waals surface area contributed by atoms with Gasteiger partial charge in [-0.2, -0.15) is 0 Å². The third-order valence-corrected chi connectivity index (χ3v) is 11.5. The number of carbonyl (C=O) groups is 4. The zero-order valence-electron chi connectivity index (χ0n) is 41.1. The van der Waals surface area contributed by atoms with Crippen molar-refractivity contribution in [2.45, 2.75) is 245 Å². The maximum absolute atomic E-state index is 11.5. The molecule has 11 heteroatoms. The van der Waals surface area contributed by atoms with Crippen LogP contribution in [0.25, 0.3) is 0 Å². The summed E-state index contributed by atoms with van der Waals surface area (Å²) in [4.78, 5) is 44.1. The zero-order valence-corrected chi connectivity index (χ0v) is 45.5. The Morgan fingerprint density at radius 2 is 0.708 bits per heavy atom. The maximum atomic E-state index is 11.5. The van der Waals surface area contributed by atoms with Gasteiger partial charge in [0.05, 0.1) is 25.4 Å². The second-order valence-electron chi connectivity index (χ2n) is 17.5. The normalized spacial score (nSPS) is 12.7. The van der Waals surface area contributed by atoms with Gasteiger partial charge in [-0.1, -0.05) is 164 Å². The van der Waals surface area contributed by atoms with Gasteiger partial charge < -0.3 is 38.7 Å². The van der Waals surface area contributed by atoms with E-state index in [9.17, 15) is 29.4 Å². The molecule has 4 atom stereocenters. The van der Waals surface area contributed by atoms with Crippen LogP contribution in [-0.4, -0.2) is 97.2 Å². The van der Waals surface area contributed by atoms with Crippen molar-refractivity contribution in [1.29, 1.82) is 0 Å². The molecule has 0 saturated heterocycles. The molecule has 0 N–H and O–H groups in total. The number of aliphatic carboxylic acids is 2. The number of hydrogen-bond acceptors (Lipinski definition) is 10. The van der Waals surface area contributed by atoms with E-state index in [-0.39, 0.29) is 98.1 Å². The number of unbranched alkanes of at least 4 members (excludes halogenated alkanes) is 14. The maximum Gasteiger partial charge on any atom is 2.00 e. The summed E-state index contributed by atoms with van der Waals surface area (Å²) in [6, 6.07) is 20.4. The Bertz CT molecular complexity index is 1320. The molecule has 0 aromatic heterocycles. The van der Waals surface area contributed by atoms with Crippen molar-refractivity contribution in [1.82, 2.24) is 0 Å². The average Bonchev–Trinajstić information content (AvgIpc) is 3.27. The van der Waals surface area contributed by atoms with Crippen molar-refractivity contribution < 1.29 is 48.3 Å². The van der Waals surface area contributed by atoms with Crippen molar-refractivity contribution in [2.24, 2.45) is 0 Å². The topological polar surface area (TPSA) is 151 Å². The molecular weight excluding hydrogens is 946 g/mol. The third-order valence-electron chi connectivity index (χ3n) is 11.5. The molecule has 2 rings (SSSR count). The third kappa shape index (κ3) is 40.6. The Kier molecular flexibility index (Phi) is 42.8. The van der Waals surface area contributed by atoms with Gasteiger partial charge in [-0.25, -0.2) is 0 Å². The van der Waals surface area contributed by atoms with Gasteiger partial charge in [0.1, 0.15) is 12.2 Å². The Balaban J connectivity index is 0.00000124. The van der Waals surface area contributed by atoms with Gasteiger partial charge in [-0.3, -0.25) is 9.59 Å². The first-order valence-electron chi connectivity index (χ1n) is 25.1. The molecule has 0 heterocycles. The monoisotopic (exact) mass is 1030 g/mol. The van der Waals surface area contributed by atoms with E-state index in [2.05, 4.69) is 38.1 Å². The first-order valence-corrected chi connectivity index (χ1v) is 25.1. The summed E-state index contributed by atoms with van der Waals surface area (Å²) in [6.07, 6.45) is 26.6. The summed E-state index contributed by atoms with van der Waals surface area (Å²) in [5.41, 5.74) is 2.33. The first-order chi connectivity index (χ1) is 31.0. The van der Waals surface area contributed by atoms with E-state index in [0.29, 0.717) is 26.1 Å². The van der Waals surface area contributed by atoms with Crippen LogP contribution < -0.4 is 10.2 Å². The van der Waals surface area contributed by atoms with E-state index in [0.717, 1.165) is 127 Å². The molecule has 0 fully saturated rings. The van der Waals surface area contributed by atoms with Crippen LogP contribution in [0.4, 0.5) is 0 Å². The number of benzene rings is 2. The number of hydrogen-bond donors (Lipinski definition) is 0. The number of rotatable bonds is 40. The first kappa shape index (κ1) is 62.8. The second kappa shape index (κ2) is 44.3. The van der Waals surface area contributed by atoms with Crippen LogP contribution in [0.15, 0.2) is 60.7 Å². The molecule has 2 aromatic carbocycles. The molecule has 4 unspecified atom stereocenters. The SMILES string of the molecule is CCCCCCC(CCC(CCCCCCCC(=O)[O-])OCc1ccccc1)OC(C)=O.CCCCCCC(CCC(CCCCCCCC(=O)[O-])OCc1ccccc1)OC(C)=O.[Ba+2]. The number of carboxylic acids is 2. The fourth-order valence-corrected chi connectivity index (χ4v) is 7.88. The van der Waals surface area contributed by atoms with E-state index in [1.807, 2.05) is 36.4 Å². The molecule has 0 aliphatic carbocycles. The van der Waals surface area contributed by atoms with Crippen molar-refractivity contribution >= 4 is 72.8 Å². The molecule has 364 valence electrons. The van der Waals surface area contributed by atoms with Gasteiger partial charge in [0, 0.05) is 25.8 Å². The minimum absolute atomic E-state index is 0. The summed E-state index contributed by atoms with van der Waals surface area (Å²) < 4.78 is 23.7. The Morgan fingerprint density at radius 1 is 0.415 bits per heavy atom. The number of carbonyl (C=O) groups excluding carboxylic acids is 4. The standard InChI is InChI=1S/2C27H44O5.Ba/c2*1-3-4-5-12-18-26(32-23(2)28)21-20-25(31-22-24-15-10-9-11-16-24)17-13-7-6-8-14-19-27(29)30;/h2*9-11,15-16,25-26H,3-8,12-14,17-22H2,1-2H3,(H,29,30);/q;;+2/p-2. The van der Waals surface area contributed by atoms with Crippen molar-refractivity contribution in [3.8, 4) is 0 Å². The van der Waals surface area contributed by atoms with Crippen LogP contribution in [0.2, 0.25) is 0 Å². The second-order valence-corrected chi connectivity index (χ2v) is 17.5. The Morgan fingerprint density at radius 3 is 1.03 bits per heavy atom. The molecule has 0 bridgehead atoms. The fourth-order valence-electron chi connectivity index (χ4n) is 7.88. The van der Waals surface area contributed by atoms with Gasteiger partial charge in [-0.15, -0.1) is 0 Å². The van der Waals surface area contributed by atoms with E-state index < -0.39 is 11.9 Å². The number of esters is 2. The molecule has 0 saturated carbocycles. The van der Waals surface area contributed by atoms with Gasteiger partial charge in [0.25, 0.3) is 0 Å². The van der Waals surface area contributed by atoms with Crippen LogP contribution in [0.5, 0.6) is 0 Å². The van der Waals surface area contributed by atoms with Crippen molar-refractivity contribution in [3.63, 3.8) is 0 Å². The van der Waals surface area contributed by atoms with Crippen LogP contribution >= 0.6 is 0 Å². The predicted molar refractivity (Wildman–Crippen MR) is 258 cm³/mol. The number of carboxylic acid groups (broad SMARTS) is 2. The zero-order chi connectivity index (χ0) is 46.9. The van der Waals surface area contributed by atoms with Crippen LogP contribution in [0.3, 0.4) is 0 Å². The van der Waals surface area contributed by atoms with E-state index >= 15 is 0 Å². The average molecular weight is 1030 g/mol. The van der Waals surface area contributed by atoms with Crippen LogP contribution in [-0.2, 0) is 51.3 Å². The van der Waals surface area contributed by atoms with Gasteiger partial charge >= 0.3 is 60.8 Å². The van der Waals surface area contributed by atoms with E-state index in [1.165, 1.54) is 52.4 Å². The van der Waals surface area contributed by atoms with Gasteiger partial charge in [-0.05, 0) is 101 Å². The molecule has 0 spiro atoms. The van der Waals surface area contributed by atoms with Crippen molar-refractivity contribution in [2.75, 3.05) is 0 Å². The van der Waals surface area contributed by atoms with E-state index in [4.69, 9.17) is 18.9 Å². The van der Waals surface area contributed by atoms with Crippen LogP contribution in [0.1, 0.15) is 219 Å². The smallest absolute Gasteiger partial charge is 0.550 e. The summed E-state index contributed by atoms with van der Waals surface area (Å²) in [5, 5.41) is 21.0. The Hall–Kier alpha value is -2.19. The van der Waals surface area contributed by atoms with Crippen molar-refractivity contribution in [3.05, 3.63) is 71.8 Å². The summed E-state index contributed by atoms with van der Waals surface area (Å²) in [7, 11) is 0. The molecular formula is C54H86BaO10. The predicted octanol–water partition coefficient (Wildman–Crippen LogP) is 11.1. The minimum atomic E-state index is -0.962. The molecule has 0 aliphatic heterocycles. The largest absolute Gasteiger partial charge is 2.00 e.